The van der Waals surface area contributed by atoms with Crippen molar-refractivity contribution >= 4 is 17.7 Å². The maximum atomic E-state index is 12.4. The molecule has 0 radical (unpaired) electrons. The molecule has 2 N–H and O–H groups in total. The van der Waals surface area contributed by atoms with Gasteiger partial charge in [-0.2, -0.15) is 0 Å². The van der Waals surface area contributed by atoms with Crippen molar-refractivity contribution in [1.29, 1.82) is 0 Å². The number of ketones is 1. The van der Waals surface area contributed by atoms with Crippen LogP contribution < -0.4 is 0 Å². The van der Waals surface area contributed by atoms with Crippen LogP contribution in [0.3, 0.4) is 0 Å². The summed E-state index contributed by atoms with van der Waals surface area (Å²) in [4.78, 5) is 34.9. The van der Waals surface area contributed by atoms with E-state index in [1.54, 1.807) is 6.92 Å². The number of carbonyl (C=O) groups excluding carboxylic acids is 1. The number of fused-ring (bicyclic) bond motifs is 5. The molecule has 4 rings (SSSR count). The predicted molar refractivity (Wildman–Crippen MR) is 127 cm³/mol. The SMILES string of the molecule is CC(=O)[C@H]1CC[C@H]2[C@@H]3CCC4CC(C(CCCC(=O)O)CC(=O)O)CC[C@]4(C)[C@H]3CC[C@]12C. The maximum Gasteiger partial charge on any atom is 0.303 e. The van der Waals surface area contributed by atoms with Crippen molar-refractivity contribution in [3.8, 4) is 0 Å². The highest BCUT2D eigenvalue weighted by atomic mass is 16.4. The summed E-state index contributed by atoms with van der Waals surface area (Å²) in [6, 6.07) is 0. The summed E-state index contributed by atoms with van der Waals surface area (Å²) in [6.07, 6.45) is 12.2. The molecule has 0 bridgehead atoms. The van der Waals surface area contributed by atoms with Gasteiger partial charge in [-0.1, -0.05) is 13.8 Å². The van der Waals surface area contributed by atoms with Crippen LogP contribution in [0.1, 0.15) is 104 Å². The van der Waals surface area contributed by atoms with E-state index in [2.05, 4.69) is 13.8 Å². The van der Waals surface area contributed by atoms with Crippen molar-refractivity contribution in [2.24, 2.45) is 52.3 Å². The number of carbonyl (C=O) groups is 3. The first-order valence-corrected chi connectivity index (χ1v) is 13.5. The van der Waals surface area contributed by atoms with Crippen LogP contribution in [-0.4, -0.2) is 27.9 Å². The van der Waals surface area contributed by atoms with Crippen LogP contribution in [0.25, 0.3) is 0 Å². The summed E-state index contributed by atoms with van der Waals surface area (Å²) >= 11 is 0. The number of rotatable bonds is 8. The topological polar surface area (TPSA) is 91.7 Å². The fourth-order valence-electron chi connectivity index (χ4n) is 9.63. The van der Waals surface area contributed by atoms with Gasteiger partial charge in [0, 0.05) is 18.8 Å². The average molecular weight is 461 g/mol. The number of hydrogen-bond donors (Lipinski definition) is 2. The smallest absolute Gasteiger partial charge is 0.303 e. The Bertz CT molecular complexity index is 776. The van der Waals surface area contributed by atoms with E-state index in [1.165, 1.54) is 38.5 Å². The molecule has 0 aromatic heterocycles. The molecule has 4 fully saturated rings. The molecule has 0 spiro atoms. The third-order valence-corrected chi connectivity index (χ3v) is 11.3. The first-order valence-electron chi connectivity index (χ1n) is 13.5. The molecular weight excluding hydrogens is 416 g/mol. The van der Waals surface area contributed by atoms with Crippen LogP contribution in [0, 0.1) is 52.3 Å². The quantitative estimate of drug-likeness (QED) is 0.450. The van der Waals surface area contributed by atoms with Crippen molar-refractivity contribution in [3.63, 3.8) is 0 Å². The van der Waals surface area contributed by atoms with E-state index in [0.29, 0.717) is 41.8 Å². The fourth-order valence-corrected chi connectivity index (χ4v) is 9.63. The minimum Gasteiger partial charge on any atom is -0.481 e. The molecule has 0 heterocycles. The van der Waals surface area contributed by atoms with Gasteiger partial charge in [0.2, 0.25) is 0 Å². The van der Waals surface area contributed by atoms with Crippen LogP contribution in [0.15, 0.2) is 0 Å². The van der Waals surface area contributed by atoms with Crippen LogP contribution >= 0.6 is 0 Å². The summed E-state index contributed by atoms with van der Waals surface area (Å²) in [5, 5.41) is 18.5. The Hall–Kier alpha value is -1.39. The van der Waals surface area contributed by atoms with Crippen LogP contribution in [0.5, 0.6) is 0 Å². The van der Waals surface area contributed by atoms with E-state index in [0.717, 1.165) is 31.1 Å². The van der Waals surface area contributed by atoms with Gasteiger partial charge in [-0.15, -0.1) is 0 Å². The fraction of sp³-hybridized carbons (Fsp3) is 0.893. The first kappa shape index (κ1) is 24.7. The largest absolute Gasteiger partial charge is 0.481 e. The Balaban J connectivity index is 1.46. The highest BCUT2D eigenvalue weighted by Gasteiger charge is 2.60. The molecule has 5 nitrogen and oxygen atoms in total. The lowest BCUT2D eigenvalue weighted by atomic mass is 9.43. The molecule has 5 heteroatoms. The Morgan fingerprint density at radius 1 is 0.879 bits per heavy atom. The first-order chi connectivity index (χ1) is 15.6. The molecule has 0 aromatic carbocycles. The molecule has 186 valence electrons. The van der Waals surface area contributed by atoms with Gasteiger partial charge >= 0.3 is 11.9 Å². The Labute approximate surface area is 199 Å². The van der Waals surface area contributed by atoms with Crippen molar-refractivity contribution < 1.29 is 24.6 Å². The van der Waals surface area contributed by atoms with E-state index >= 15 is 0 Å². The average Bonchev–Trinajstić information content (AvgIpc) is 3.09. The third kappa shape index (κ3) is 4.50. The number of hydrogen-bond acceptors (Lipinski definition) is 3. The van der Waals surface area contributed by atoms with Gasteiger partial charge in [-0.25, -0.2) is 0 Å². The molecule has 0 saturated heterocycles. The van der Waals surface area contributed by atoms with Crippen LogP contribution in [-0.2, 0) is 14.4 Å². The zero-order valence-corrected chi connectivity index (χ0v) is 20.9. The highest BCUT2D eigenvalue weighted by molar-refractivity contribution is 5.79. The van der Waals surface area contributed by atoms with Gasteiger partial charge in [-0.3, -0.25) is 14.4 Å². The minimum atomic E-state index is -0.790. The third-order valence-electron chi connectivity index (χ3n) is 11.3. The van der Waals surface area contributed by atoms with E-state index in [4.69, 9.17) is 5.11 Å². The van der Waals surface area contributed by atoms with Gasteiger partial charge in [0.15, 0.2) is 0 Å². The van der Waals surface area contributed by atoms with E-state index in [-0.39, 0.29) is 30.1 Å². The Morgan fingerprint density at radius 2 is 1.58 bits per heavy atom. The predicted octanol–water partition coefficient (Wildman–Crippen LogP) is 6.20. The summed E-state index contributed by atoms with van der Waals surface area (Å²) in [6.45, 7) is 6.74. The van der Waals surface area contributed by atoms with E-state index < -0.39 is 11.9 Å². The summed E-state index contributed by atoms with van der Waals surface area (Å²) < 4.78 is 0. The lowest BCUT2D eigenvalue weighted by Gasteiger charge is -2.61. The molecule has 0 aliphatic heterocycles. The van der Waals surface area contributed by atoms with Gasteiger partial charge in [0.05, 0.1) is 0 Å². The van der Waals surface area contributed by atoms with Crippen molar-refractivity contribution in [1.82, 2.24) is 0 Å². The normalized spacial score (nSPS) is 43.1. The van der Waals surface area contributed by atoms with Crippen LogP contribution in [0.4, 0.5) is 0 Å². The van der Waals surface area contributed by atoms with Crippen molar-refractivity contribution in [3.05, 3.63) is 0 Å². The molecule has 0 amide bonds. The minimum absolute atomic E-state index is 0.102. The molecule has 4 aliphatic carbocycles. The summed E-state index contributed by atoms with van der Waals surface area (Å²) in [7, 11) is 0. The molecule has 4 saturated carbocycles. The number of Topliss-reactive ketones (excluding diaryl/α,β-unsaturated/α-hetero) is 1. The summed E-state index contributed by atoms with van der Waals surface area (Å²) in [5.74, 6) is 2.46. The lowest BCUT2D eigenvalue weighted by molar-refractivity contribution is -0.141. The lowest BCUT2D eigenvalue weighted by Crippen LogP contribution is -2.54. The Kier molecular flexibility index (Phi) is 7.00. The van der Waals surface area contributed by atoms with E-state index in [9.17, 15) is 19.5 Å². The highest BCUT2D eigenvalue weighted by Crippen LogP contribution is 2.68. The van der Waals surface area contributed by atoms with Crippen molar-refractivity contribution in [2.45, 2.75) is 104 Å². The van der Waals surface area contributed by atoms with Gasteiger partial charge in [0.1, 0.15) is 5.78 Å². The summed E-state index contributed by atoms with van der Waals surface area (Å²) in [5.41, 5.74) is 0.536. The van der Waals surface area contributed by atoms with Gasteiger partial charge in [-0.05, 0) is 124 Å². The van der Waals surface area contributed by atoms with Crippen molar-refractivity contribution in [2.75, 3.05) is 0 Å². The maximum absolute atomic E-state index is 12.4. The second-order valence-corrected chi connectivity index (χ2v) is 12.6. The molecule has 3 unspecified atom stereocenters. The molecule has 4 aliphatic rings. The second-order valence-electron chi connectivity index (χ2n) is 12.6. The monoisotopic (exact) mass is 460 g/mol. The van der Waals surface area contributed by atoms with E-state index in [1.807, 2.05) is 0 Å². The zero-order chi connectivity index (χ0) is 24.0. The number of carboxylic acid groups (broad SMARTS) is 2. The molecule has 9 atom stereocenters. The number of carboxylic acids is 2. The van der Waals surface area contributed by atoms with Gasteiger partial charge in [0.25, 0.3) is 0 Å². The zero-order valence-electron chi connectivity index (χ0n) is 20.9. The molecule has 33 heavy (non-hydrogen) atoms. The van der Waals surface area contributed by atoms with Gasteiger partial charge < -0.3 is 10.2 Å². The second kappa shape index (κ2) is 9.34. The number of aliphatic carboxylic acids is 2. The Morgan fingerprint density at radius 3 is 2.24 bits per heavy atom. The standard InChI is InChI=1S/C28H44O5/c1-17(29)22-9-10-23-21-8-7-20-15-19(18(16-26(32)33)5-4-6-25(30)31)11-13-27(20,2)24(21)12-14-28(22,23)3/h18-24H,4-16H2,1-3H3,(H,30,31)(H,32,33)/t18?,19?,20?,21-,22+,23-,24-,27-,28+/m0/s1. The molecule has 0 aromatic rings. The van der Waals surface area contributed by atoms with Crippen LogP contribution in [0.2, 0.25) is 0 Å². The molecular formula is C28H44O5.